The van der Waals surface area contributed by atoms with Crippen LogP contribution in [0.5, 0.6) is 11.5 Å². The molecule has 2 unspecified atom stereocenters. The van der Waals surface area contributed by atoms with Crippen LogP contribution in [0.1, 0.15) is 0 Å². The Labute approximate surface area is 87.2 Å². The fourth-order valence-corrected chi connectivity index (χ4v) is 1.52. The molecule has 76 valence electrons. The van der Waals surface area contributed by atoms with Crippen LogP contribution in [0.3, 0.4) is 0 Å². The Kier molecular flexibility index (Phi) is 2.79. The van der Waals surface area contributed by atoms with Crippen LogP contribution in [0.25, 0.3) is 0 Å². The Morgan fingerprint density at radius 3 is 2.86 bits per heavy atom. The van der Waals surface area contributed by atoms with Crippen LogP contribution in [-0.4, -0.2) is 29.8 Å². The number of ether oxygens (including phenoxy) is 2. The predicted molar refractivity (Wildman–Crippen MR) is 53.1 cm³/mol. The highest BCUT2D eigenvalue weighted by atomic mass is 35.5. The molecule has 1 aromatic rings. The maximum Gasteiger partial charge on any atom is 0.161 e. The minimum atomic E-state index is -0.690. The predicted octanol–water partition coefficient (Wildman–Crippen LogP) is 1.43. The molecular weight excluding hydrogens is 204 g/mol. The van der Waals surface area contributed by atoms with E-state index in [-0.39, 0.29) is 12.0 Å². The van der Waals surface area contributed by atoms with Crippen LogP contribution in [0, 0.1) is 0 Å². The van der Waals surface area contributed by atoms with E-state index in [9.17, 15) is 5.11 Å². The lowest BCUT2D eigenvalue weighted by Gasteiger charge is -2.28. The molecule has 0 saturated heterocycles. The van der Waals surface area contributed by atoms with Gasteiger partial charge in [-0.15, -0.1) is 11.6 Å². The molecule has 0 radical (unpaired) electrons. The Hall–Kier alpha value is -0.930. The summed E-state index contributed by atoms with van der Waals surface area (Å²) in [6.45, 7) is 0.338. The molecule has 1 aromatic carbocycles. The summed E-state index contributed by atoms with van der Waals surface area (Å²) in [5.74, 6) is 1.52. The topological polar surface area (TPSA) is 38.7 Å². The highest BCUT2D eigenvalue weighted by molar-refractivity contribution is 6.18. The molecule has 3 nitrogen and oxygen atoms in total. The first-order valence-corrected chi connectivity index (χ1v) is 4.97. The minimum absolute atomic E-state index is 0.149. The second-order valence-corrected chi connectivity index (χ2v) is 3.44. The normalized spacial score (nSPS) is 21.7. The second kappa shape index (κ2) is 4.07. The molecule has 1 aliphatic heterocycles. The molecule has 14 heavy (non-hydrogen) atoms. The molecule has 0 aromatic heterocycles. The molecule has 0 spiro atoms. The van der Waals surface area contributed by atoms with Crippen molar-refractivity contribution in [2.45, 2.75) is 12.2 Å². The van der Waals surface area contributed by atoms with Crippen molar-refractivity contribution in [2.75, 3.05) is 12.5 Å². The maximum absolute atomic E-state index is 9.47. The second-order valence-electron chi connectivity index (χ2n) is 3.14. The standard InChI is InChI=1S/C10H11ClO3/c11-5-7(12)10-6-13-8-3-1-2-4-9(8)14-10/h1-4,7,10,12H,5-6H2. The molecule has 1 heterocycles. The third-order valence-corrected chi connectivity index (χ3v) is 2.43. The Morgan fingerprint density at radius 2 is 2.14 bits per heavy atom. The molecule has 0 amide bonds. The van der Waals surface area contributed by atoms with E-state index in [0.717, 1.165) is 0 Å². The lowest BCUT2D eigenvalue weighted by atomic mass is 10.2. The van der Waals surface area contributed by atoms with E-state index >= 15 is 0 Å². The number of para-hydroxylation sites is 2. The van der Waals surface area contributed by atoms with Gasteiger partial charge in [0.15, 0.2) is 17.6 Å². The molecule has 1 aliphatic rings. The van der Waals surface area contributed by atoms with Crippen molar-refractivity contribution in [3.8, 4) is 11.5 Å². The molecule has 2 rings (SSSR count). The van der Waals surface area contributed by atoms with Crippen molar-refractivity contribution in [3.05, 3.63) is 24.3 Å². The molecule has 2 atom stereocenters. The monoisotopic (exact) mass is 214 g/mol. The zero-order valence-electron chi connectivity index (χ0n) is 7.52. The molecule has 0 bridgehead atoms. The summed E-state index contributed by atoms with van der Waals surface area (Å²) in [5, 5.41) is 9.47. The Morgan fingerprint density at radius 1 is 1.43 bits per heavy atom. The van der Waals surface area contributed by atoms with Crippen molar-refractivity contribution in [1.82, 2.24) is 0 Å². The summed E-state index contributed by atoms with van der Waals surface area (Å²) in [5.41, 5.74) is 0. The lowest BCUT2D eigenvalue weighted by molar-refractivity contribution is 0.000856. The minimum Gasteiger partial charge on any atom is -0.486 e. The van der Waals surface area contributed by atoms with Gasteiger partial charge in [0.05, 0.1) is 5.88 Å². The van der Waals surface area contributed by atoms with Gasteiger partial charge in [-0.3, -0.25) is 0 Å². The van der Waals surface area contributed by atoms with Gasteiger partial charge in [0, 0.05) is 0 Å². The van der Waals surface area contributed by atoms with Gasteiger partial charge < -0.3 is 14.6 Å². The van der Waals surface area contributed by atoms with E-state index in [4.69, 9.17) is 21.1 Å². The average Bonchev–Trinajstić information content (AvgIpc) is 2.27. The molecule has 0 aliphatic carbocycles. The van der Waals surface area contributed by atoms with E-state index in [2.05, 4.69) is 0 Å². The number of fused-ring (bicyclic) bond motifs is 1. The third-order valence-electron chi connectivity index (χ3n) is 2.12. The Balaban J connectivity index is 2.13. The molecular formula is C10H11ClO3. The Bertz CT molecular complexity index is 316. The van der Waals surface area contributed by atoms with Gasteiger partial charge in [-0.1, -0.05) is 12.1 Å². The molecule has 0 saturated carbocycles. The number of rotatable bonds is 2. The number of benzene rings is 1. The number of hydrogen-bond donors (Lipinski definition) is 1. The quantitative estimate of drug-likeness (QED) is 0.757. The lowest BCUT2D eigenvalue weighted by Crippen LogP contribution is -2.40. The fraction of sp³-hybridized carbons (Fsp3) is 0.400. The van der Waals surface area contributed by atoms with Crippen LogP contribution < -0.4 is 9.47 Å². The van der Waals surface area contributed by atoms with Gasteiger partial charge >= 0.3 is 0 Å². The highest BCUT2D eigenvalue weighted by Gasteiger charge is 2.26. The number of aliphatic hydroxyl groups is 1. The van der Waals surface area contributed by atoms with E-state index in [1.54, 1.807) is 0 Å². The number of halogens is 1. The van der Waals surface area contributed by atoms with Crippen molar-refractivity contribution < 1.29 is 14.6 Å². The van der Waals surface area contributed by atoms with Gasteiger partial charge in [-0.25, -0.2) is 0 Å². The van der Waals surface area contributed by atoms with Gasteiger partial charge in [-0.05, 0) is 12.1 Å². The summed E-state index contributed by atoms with van der Waals surface area (Å²) in [4.78, 5) is 0. The first-order chi connectivity index (χ1) is 6.81. The van der Waals surface area contributed by atoms with E-state index in [1.807, 2.05) is 24.3 Å². The van der Waals surface area contributed by atoms with Crippen LogP contribution in [-0.2, 0) is 0 Å². The van der Waals surface area contributed by atoms with E-state index in [1.165, 1.54) is 0 Å². The molecule has 0 fully saturated rings. The van der Waals surface area contributed by atoms with Crippen molar-refractivity contribution in [3.63, 3.8) is 0 Å². The molecule has 4 heteroatoms. The van der Waals surface area contributed by atoms with E-state index in [0.29, 0.717) is 18.1 Å². The summed E-state index contributed by atoms with van der Waals surface area (Å²) < 4.78 is 10.9. The average molecular weight is 215 g/mol. The van der Waals surface area contributed by atoms with Gasteiger partial charge in [-0.2, -0.15) is 0 Å². The van der Waals surface area contributed by atoms with Gasteiger partial charge in [0.25, 0.3) is 0 Å². The molecule has 1 N–H and O–H groups in total. The van der Waals surface area contributed by atoms with Crippen LogP contribution in [0.4, 0.5) is 0 Å². The SMILES string of the molecule is OC(CCl)C1COc2ccccc2O1. The highest BCUT2D eigenvalue weighted by Crippen LogP contribution is 2.31. The summed E-state index contributed by atoms with van der Waals surface area (Å²) in [6, 6.07) is 7.37. The van der Waals surface area contributed by atoms with Gasteiger partial charge in [0.1, 0.15) is 12.7 Å². The van der Waals surface area contributed by atoms with E-state index < -0.39 is 6.10 Å². The smallest absolute Gasteiger partial charge is 0.161 e. The van der Waals surface area contributed by atoms with Gasteiger partial charge in [0.2, 0.25) is 0 Å². The first-order valence-electron chi connectivity index (χ1n) is 4.44. The largest absolute Gasteiger partial charge is 0.486 e. The fourth-order valence-electron chi connectivity index (χ4n) is 1.32. The van der Waals surface area contributed by atoms with Crippen molar-refractivity contribution >= 4 is 11.6 Å². The number of alkyl halides is 1. The van der Waals surface area contributed by atoms with Crippen molar-refractivity contribution in [2.24, 2.45) is 0 Å². The van der Waals surface area contributed by atoms with Crippen molar-refractivity contribution in [1.29, 1.82) is 0 Å². The zero-order chi connectivity index (χ0) is 9.97. The first kappa shape index (κ1) is 9.62. The summed E-state index contributed by atoms with van der Waals surface area (Å²) in [7, 11) is 0. The zero-order valence-corrected chi connectivity index (χ0v) is 8.28. The number of aliphatic hydroxyl groups excluding tert-OH is 1. The summed E-state index contributed by atoms with van der Waals surface area (Å²) in [6.07, 6.45) is -1.06. The summed E-state index contributed by atoms with van der Waals surface area (Å²) >= 11 is 5.53. The van der Waals surface area contributed by atoms with Crippen LogP contribution in [0.15, 0.2) is 24.3 Å². The maximum atomic E-state index is 9.47. The van der Waals surface area contributed by atoms with Crippen LogP contribution in [0.2, 0.25) is 0 Å². The van der Waals surface area contributed by atoms with Crippen LogP contribution >= 0.6 is 11.6 Å². The number of hydrogen-bond acceptors (Lipinski definition) is 3. The third kappa shape index (κ3) is 1.79.